The Labute approximate surface area is 90.5 Å². The number of carbonyl (C=O) groups excluding carboxylic acids is 1. The maximum absolute atomic E-state index is 11.2. The van der Waals surface area contributed by atoms with Gasteiger partial charge in [0.1, 0.15) is 0 Å². The van der Waals surface area contributed by atoms with E-state index >= 15 is 0 Å². The molecule has 0 unspecified atom stereocenters. The summed E-state index contributed by atoms with van der Waals surface area (Å²) in [4.78, 5) is 11.2. The van der Waals surface area contributed by atoms with Gasteiger partial charge in [0.2, 0.25) is 0 Å². The number of rotatable bonds is 5. The SMILES string of the molecule is CCNCCn1cc(C)c(C(N)=O)c1C. The molecule has 4 nitrogen and oxygen atoms in total. The minimum Gasteiger partial charge on any atom is -0.366 e. The maximum atomic E-state index is 11.2. The molecule has 0 aliphatic carbocycles. The number of primary amides is 1. The lowest BCUT2D eigenvalue weighted by Crippen LogP contribution is -2.20. The van der Waals surface area contributed by atoms with Crippen molar-refractivity contribution in [1.29, 1.82) is 0 Å². The minimum atomic E-state index is -0.341. The summed E-state index contributed by atoms with van der Waals surface area (Å²) in [5.74, 6) is -0.341. The molecule has 0 bridgehead atoms. The molecule has 1 rings (SSSR count). The highest BCUT2D eigenvalue weighted by atomic mass is 16.1. The number of aromatic nitrogens is 1. The Bertz CT molecular complexity index is 355. The van der Waals surface area contributed by atoms with E-state index in [-0.39, 0.29) is 5.91 Å². The van der Waals surface area contributed by atoms with Gasteiger partial charge in [-0.15, -0.1) is 0 Å². The van der Waals surface area contributed by atoms with Crippen molar-refractivity contribution in [3.05, 3.63) is 23.0 Å². The highest BCUT2D eigenvalue weighted by molar-refractivity contribution is 5.95. The summed E-state index contributed by atoms with van der Waals surface area (Å²) in [5, 5.41) is 3.24. The van der Waals surface area contributed by atoms with Gasteiger partial charge in [0.25, 0.3) is 5.91 Å². The van der Waals surface area contributed by atoms with Crippen LogP contribution in [0.15, 0.2) is 6.20 Å². The van der Waals surface area contributed by atoms with Gasteiger partial charge in [-0.2, -0.15) is 0 Å². The first-order chi connectivity index (χ1) is 7.07. The van der Waals surface area contributed by atoms with Gasteiger partial charge < -0.3 is 15.6 Å². The van der Waals surface area contributed by atoms with Crippen LogP contribution in [0.1, 0.15) is 28.5 Å². The summed E-state index contributed by atoms with van der Waals surface area (Å²) >= 11 is 0. The number of nitrogens with two attached hydrogens (primary N) is 1. The smallest absolute Gasteiger partial charge is 0.250 e. The Balaban J connectivity index is 2.82. The summed E-state index contributed by atoms with van der Waals surface area (Å²) in [6.07, 6.45) is 1.98. The zero-order valence-electron chi connectivity index (χ0n) is 9.63. The molecule has 3 N–H and O–H groups in total. The Kier molecular flexibility index (Phi) is 3.91. The average molecular weight is 209 g/mol. The van der Waals surface area contributed by atoms with Gasteiger partial charge >= 0.3 is 0 Å². The lowest BCUT2D eigenvalue weighted by Gasteiger charge is -2.06. The van der Waals surface area contributed by atoms with E-state index in [9.17, 15) is 4.79 Å². The summed E-state index contributed by atoms with van der Waals surface area (Å²) in [5.41, 5.74) is 7.89. The molecular formula is C11H19N3O. The molecule has 1 amide bonds. The van der Waals surface area contributed by atoms with Gasteiger partial charge in [0, 0.05) is 25.0 Å². The van der Waals surface area contributed by atoms with Crippen LogP contribution in [-0.2, 0) is 6.54 Å². The molecule has 0 spiro atoms. The van der Waals surface area contributed by atoms with E-state index in [1.165, 1.54) is 0 Å². The zero-order chi connectivity index (χ0) is 11.4. The number of aryl methyl sites for hydroxylation is 1. The molecule has 0 aliphatic rings. The van der Waals surface area contributed by atoms with Crippen LogP contribution in [-0.4, -0.2) is 23.6 Å². The van der Waals surface area contributed by atoms with Crippen LogP contribution in [0.25, 0.3) is 0 Å². The van der Waals surface area contributed by atoms with Crippen molar-refractivity contribution in [2.45, 2.75) is 27.3 Å². The van der Waals surface area contributed by atoms with Crippen molar-refractivity contribution in [2.24, 2.45) is 5.73 Å². The Morgan fingerprint density at radius 2 is 2.20 bits per heavy atom. The van der Waals surface area contributed by atoms with Crippen LogP contribution < -0.4 is 11.1 Å². The first-order valence-electron chi connectivity index (χ1n) is 5.24. The van der Waals surface area contributed by atoms with E-state index < -0.39 is 0 Å². The van der Waals surface area contributed by atoms with Crippen molar-refractivity contribution < 1.29 is 4.79 Å². The largest absolute Gasteiger partial charge is 0.366 e. The van der Waals surface area contributed by atoms with E-state index in [1.54, 1.807) is 0 Å². The van der Waals surface area contributed by atoms with E-state index in [0.717, 1.165) is 30.9 Å². The quantitative estimate of drug-likeness (QED) is 0.705. The molecule has 15 heavy (non-hydrogen) atoms. The lowest BCUT2D eigenvalue weighted by molar-refractivity contribution is 0.0999. The molecule has 0 atom stereocenters. The standard InChI is InChI=1S/C11H19N3O/c1-4-13-5-6-14-7-8(2)10(9(14)3)11(12)15/h7,13H,4-6H2,1-3H3,(H2,12,15). The van der Waals surface area contributed by atoms with Crippen molar-refractivity contribution in [2.75, 3.05) is 13.1 Å². The van der Waals surface area contributed by atoms with Gasteiger partial charge in [0.15, 0.2) is 0 Å². The number of nitrogens with zero attached hydrogens (tertiary/aromatic N) is 1. The van der Waals surface area contributed by atoms with Gasteiger partial charge in [0.05, 0.1) is 5.56 Å². The van der Waals surface area contributed by atoms with Gasteiger partial charge in [-0.1, -0.05) is 6.92 Å². The molecular weight excluding hydrogens is 190 g/mol. The number of hydrogen-bond acceptors (Lipinski definition) is 2. The van der Waals surface area contributed by atoms with Gasteiger partial charge in [-0.3, -0.25) is 4.79 Å². The van der Waals surface area contributed by atoms with Gasteiger partial charge in [-0.05, 0) is 26.0 Å². The van der Waals surface area contributed by atoms with Crippen molar-refractivity contribution in [3.8, 4) is 0 Å². The average Bonchev–Trinajstić information content (AvgIpc) is 2.42. The molecule has 1 aromatic heterocycles. The summed E-state index contributed by atoms with van der Waals surface area (Å²) < 4.78 is 2.07. The first-order valence-corrected chi connectivity index (χ1v) is 5.24. The predicted molar refractivity (Wildman–Crippen MR) is 61.0 cm³/mol. The molecule has 0 aromatic carbocycles. The fourth-order valence-electron chi connectivity index (χ4n) is 1.81. The molecule has 0 radical (unpaired) electrons. The summed E-state index contributed by atoms with van der Waals surface area (Å²) in [6.45, 7) is 8.65. The van der Waals surface area contributed by atoms with Crippen molar-refractivity contribution in [1.82, 2.24) is 9.88 Å². The number of likely N-dealkylation sites (N-methyl/N-ethyl adjacent to an activating group) is 1. The second-order valence-corrected chi connectivity index (χ2v) is 3.68. The van der Waals surface area contributed by atoms with E-state index in [2.05, 4.69) is 16.8 Å². The number of hydrogen-bond donors (Lipinski definition) is 2. The third-order valence-electron chi connectivity index (χ3n) is 2.56. The predicted octanol–water partition coefficient (Wildman–Crippen LogP) is 0.813. The topological polar surface area (TPSA) is 60.1 Å². The molecule has 1 heterocycles. The lowest BCUT2D eigenvalue weighted by atomic mass is 10.1. The van der Waals surface area contributed by atoms with Crippen LogP contribution in [0.2, 0.25) is 0 Å². The fourth-order valence-corrected chi connectivity index (χ4v) is 1.81. The van der Waals surface area contributed by atoms with Crippen LogP contribution in [0.3, 0.4) is 0 Å². The molecule has 0 fully saturated rings. The molecule has 0 saturated carbocycles. The third-order valence-corrected chi connectivity index (χ3v) is 2.56. The fraction of sp³-hybridized carbons (Fsp3) is 0.545. The normalized spacial score (nSPS) is 10.6. The zero-order valence-corrected chi connectivity index (χ0v) is 9.63. The highest BCUT2D eigenvalue weighted by Crippen LogP contribution is 2.15. The van der Waals surface area contributed by atoms with E-state index in [0.29, 0.717) is 5.56 Å². The van der Waals surface area contributed by atoms with Crippen LogP contribution >= 0.6 is 0 Å². The summed E-state index contributed by atoms with van der Waals surface area (Å²) in [7, 11) is 0. The second kappa shape index (κ2) is 4.98. The summed E-state index contributed by atoms with van der Waals surface area (Å²) in [6, 6.07) is 0. The van der Waals surface area contributed by atoms with Gasteiger partial charge in [-0.25, -0.2) is 0 Å². The maximum Gasteiger partial charge on any atom is 0.250 e. The van der Waals surface area contributed by atoms with E-state index in [4.69, 9.17) is 5.73 Å². The molecule has 1 aromatic rings. The molecule has 0 saturated heterocycles. The van der Waals surface area contributed by atoms with Crippen LogP contribution in [0.4, 0.5) is 0 Å². The Morgan fingerprint density at radius 1 is 1.53 bits per heavy atom. The Hall–Kier alpha value is -1.29. The van der Waals surface area contributed by atoms with Crippen LogP contribution in [0, 0.1) is 13.8 Å². The minimum absolute atomic E-state index is 0.341. The monoisotopic (exact) mass is 209 g/mol. The Morgan fingerprint density at radius 3 is 2.67 bits per heavy atom. The first kappa shape index (κ1) is 11.8. The number of nitrogens with one attached hydrogen (secondary N) is 1. The number of amides is 1. The molecule has 4 heteroatoms. The van der Waals surface area contributed by atoms with Crippen LogP contribution in [0.5, 0.6) is 0 Å². The van der Waals surface area contributed by atoms with Crippen molar-refractivity contribution >= 4 is 5.91 Å². The molecule has 84 valence electrons. The van der Waals surface area contributed by atoms with Crippen molar-refractivity contribution in [3.63, 3.8) is 0 Å². The second-order valence-electron chi connectivity index (χ2n) is 3.68. The molecule has 0 aliphatic heterocycles. The van der Waals surface area contributed by atoms with E-state index in [1.807, 2.05) is 20.0 Å². The third kappa shape index (κ3) is 2.59. The highest BCUT2D eigenvalue weighted by Gasteiger charge is 2.13. The number of carbonyl (C=O) groups is 1.